The van der Waals surface area contributed by atoms with Gasteiger partial charge in [0.25, 0.3) is 0 Å². The summed E-state index contributed by atoms with van der Waals surface area (Å²) in [7, 11) is 0. The van der Waals surface area contributed by atoms with Crippen LogP contribution in [0.15, 0.2) is 219 Å². The van der Waals surface area contributed by atoms with Gasteiger partial charge >= 0.3 is 20.1 Å². The van der Waals surface area contributed by atoms with Crippen molar-refractivity contribution in [2.24, 2.45) is 0 Å². The van der Waals surface area contributed by atoms with Crippen LogP contribution in [0.2, 0.25) is 0 Å². The minimum Gasteiger partial charge on any atom is -0.305 e. The summed E-state index contributed by atoms with van der Waals surface area (Å²) in [5, 5.41) is 21.5. The minimum atomic E-state index is 0. The number of hydrogen-bond donors (Lipinski definition) is 0. The number of aromatic nitrogens is 3. The van der Waals surface area contributed by atoms with Crippen molar-refractivity contribution < 1.29 is 20.1 Å². The van der Waals surface area contributed by atoms with E-state index in [0.29, 0.717) is 16.8 Å². The molecule has 0 aliphatic carbocycles. The first-order valence-corrected chi connectivity index (χ1v) is 23.6. The van der Waals surface area contributed by atoms with Crippen molar-refractivity contribution in [2.75, 3.05) is 0 Å². The van der Waals surface area contributed by atoms with E-state index in [1.54, 1.807) is 12.4 Å². The molecule has 0 unspecified atom stereocenters. The first-order valence-electron chi connectivity index (χ1n) is 23.6. The van der Waals surface area contributed by atoms with Crippen molar-refractivity contribution >= 4 is 5.69 Å². The molecule has 0 spiro atoms. The predicted octanol–water partition coefficient (Wildman–Crippen LogP) is 16.5. The molecule has 3 aromatic heterocycles. The van der Waals surface area contributed by atoms with Crippen LogP contribution in [-0.4, -0.2) is 15.0 Å². The van der Waals surface area contributed by atoms with E-state index < -0.39 is 0 Å². The zero-order valence-electron chi connectivity index (χ0n) is 39.8. The predicted molar refractivity (Wildman–Crippen MR) is 291 cm³/mol. The van der Waals surface area contributed by atoms with Gasteiger partial charge in [0.05, 0.1) is 18.7 Å². The minimum absolute atomic E-state index is 0. The standard InChI is InChI=1S/C67H39N6.Ir/c1-44-34-66(73-43-63(44)45-16-4-3-5-17-45)47-27-30-58(53(36-47)42-69)60-22-10-7-19-55(60)50-37-49(54-18-6-9-21-59(54)57-29-26-46(35-52(57)41-68)64-24-12-14-32-71-64)38-51(39-50)56-20-8-11-23-61(56)62-31-28-48(40-67(62)70-2)65-25-13-15-33-72-65;/h3-25,29-40,43H,1H3;/q-3;+3. The summed E-state index contributed by atoms with van der Waals surface area (Å²) in [6.45, 7) is 10.4. The normalized spacial score (nSPS) is 10.6. The average molecular weight is 1120 g/mol. The first-order chi connectivity index (χ1) is 36.0. The van der Waals surface area contributed by atoms with Gasteiger partial charge in [-0.25, -0.2) is 0 Å². The second-order valence-corrected chi connectivity index (χ2v) is 17.4. The van der Waals surface area contributed by atoms with Crippen molar-refractivity contribution in [2.45, 2.75) is 6.92 Å². The number of hydrogen-bond acceptors (Lipinski definition) is 5. The summed E-state index contributed by atoms with van der Waals surface area (Å²) in [6.07, 6.45) is 5.36. The summed E-state index contributed by atoms with van der Waals surface area (Å²) in [4.78, 5) is 17.9. The molecule has 346 valence electrons. The van der Waals surface area contributed by atoms with E-state index in [9.17, 15) is 10.5 Å². The van der Waals surface area contributed by atoms with Gasteiger partial charge in [0, 0.05) is 24.2 Å². The third-order valence-corrected chi connectivity index (χ3v) is 13.1. The SMILES string of the molecule is [C-]#[N+]c1cc(-c2ccccn2)[c-]cc1-c1ccccc1-c1cc(-c2ccccc2-c2c[c-]c(-c3ccccn3)cc2C#N)cc(-c2ccccc2-c2c[c-]c(-c3cc(C)c(-c4ccccc4)cn3)cc2C#N)c1.[Ir+3]. The number of pyridine rings is 3. The fourth-order valence-corrected chi connectivity index (χ4v) is 9.52. The molecule has 6 nitrogen and oxygen atoms in total. The number of aryl methyl sites for hydroxylation is 1. The van der Waals surface area contributed by atoms with Crippen LogP contribution in [0.1, 0.15) is 16.7 Å². The Morgan fingerprint density at radius 3 is 1.27 bits per heavy atom. The van der Waals surface area contributed by atoms with Crippen LogP contribution in [0.5, 0.6) is 0 Å². The number of rotatable bonds is 10. The molecule has 7 heteroatoms. The topological polar surface area (TPSA) is 90.6 Å². The molecule has 11 aromatic rings. The summed E-state index contributed by atoms with van der Waals surface area (Å²) in [5.74, 6) is 0. The Morgan fingerprint density at radius 2 is 0.824 bits per heavy atom. The Hall–Kier alpha value is -9.67. The smallest absolute Gasteiger partial charge is 0.305 e. The number of nitriles is 2. The molecule has 0 N–H and O–H groups in total. The van der Waals surface area contributed by atoms with Crippen LogP contribution in [0, 0.1) is 54.4 Å². The molecule has 0 bridgehead atoms. The van der Waals surface area contributed by atoms with Crippen molar-refractivity contribution in [3.63, 3.8) is 0 Å². The van der Waals surface area contributed by atoms with Gasteiger partial charge in [-0.05, 0) is 110 Å². The summed E-state index contributed by atoms with van der Waals surface area (Å²) in [5.41, 5.74) is 19.3. The maximum Gasteiger partial charge on any atom is 3.00 e. The Kier molecular flexibility index (Phi) is 13.8. The van der Waals surface area contributed by atoms with Gasteiger partial charge in [-0.15, -0.1) is 71.3 Å². The quantitative estimate of drug-likeness (QED) is 0.127. The van der Waals surface area contributed by atoms with Gasteiger partial charge < -0.3 is 15.0 Å². The van der Waals surface area contributed by atoms with Crippen LogP contribution >= 0.6 is 0 Å². The van der Waals surface area contributed by atoms with Gasteiger partial charge in [0.15, 0.2) is 0 Å². The molecule has 0 atom stereocenters. The van der Waals surface area contributed by atoms with Crippen molar-refractivity contribution in [1.82, 2.24) is 15.0 Å². The maximum atomic E-state index is 10.8. The van der Waals surface area contributed by atoms with E-state index >= 15 is 0 Å². The number of nitrogens with zero attached hydrogens (tertiary/aromatic N) is 6. The van der Waals surface area contributed by atoms with Crippen LogP contribution in [-0.2, 0) is 20.1 Å². The molecular formula is C67H39IrN6. The third-order valence-electron chi connectivity index (χ3n) is 13.1. The fourth-order valence-electron chi connectivity index (χ4n) is 9.52. The first kappa shape index (κ1) is 48.0. The molecular weight excluding hydrogens is 1080 g/mol. The molecule has 0 saturated heterocycles. The molecule has 0 aliphatic heterocycles. The van der Waals surface area contributed by atoms with Crippen LogP contribution in [0.3, 0.4) is 0 Å². The van der Waals surface area contributed by atoms with Crippen molar-refractivity contribution in [1.29, 1.82) is 10.5 Å². The van der Waals surface area contributed by atoms with E-state index in [1.807, 2.05) is 158 Å². The average Bonchev–Trinajstić information content (AvgIpc) is 3.47. The fraction of sp³-hybridized carbons (Fsp3) is 0.0149. The number of benzene rings is 8. The summed E-state index contributed by atoms with van der Waals surface area (Å²) in [6, 6.07) is 81.0. The van der Waals surface area contributed by atoms with Crippen LogP contribution < -0.4 is 0 Å². The van der Waals surface area contributed by atoms with Crippen LogP contribution in [0.4, 0.5) is 5.69 Å². The van der Waals surface area contributed by atoms with Gasteiger partial charge in [-0.3, -0.25) is 4.85 Å². The molecule has 0 fully saturated rings. The van der Waals surface area contributed by atoms with E-state index in [1.165, 1.54) is 0 Å². The van der Waals surface area contributed by atoms with E-state index in [0.717, 1.165) is 117 Å². The molecule has 0 saturated carbocycles. The Morgan fingerprint density at radius 1 is 0.405 bits per heavy atom. The van der Waals surface area contributed by atoms with E-state index in [-0.39, 0.29) is 20.1 Å². The maximum absolute atomic E-state index is 10.8. The second-order valence-electron chi connectivity index (χ2n) is 17.4. The van der Waals surface area contributed by atoms with Crippen molar-refractivity contribution in [3.05, 3.63) is 265 Å². The van der Waals surface area contributed by atoms with Gasteiger partial charge in [0.2, 0.25) is 0 Å². The Balaban J connectivity index is 0.00000626. The molecule has 0 radical (unpaired) electrons. The Labute approximate surface area is 444 Å². The molecule has 0 aliphatic rings. The molecule has 3 heterocycles. The zero-order valence-corrected chi connectivity index (χ0v) is 42.2. The van der Waals surface area contributed by atoms with Crippen LogP contribution in [0.25, 0.3) is 117 Å². The second kappa shape index (κ2) is 21.4. The third kappa shape index (κ3) is 9.47. The van der Waals surface area contributed by atoms with E-state index in [4.69, 9.17) is 11.6 Å². The molecule has 74 heavy (non-hydrogen) atoms. The van der Waals surface area contributed by atoms with E-state index in [2.05, 4.69) is 101 Å². The van der Waals surface area contributed by atoms with Gasteiger partial charge in [-0.1, -0.05) is 167 Å². The molecule has 8 aromatic carbocycles. The van der Waals surface area contributed by atoms with Gasteiger partial charge in [-0.2, -0.15) is 10.5 Å². The summed E-state index contributed by atoms with van der Waals surface area (Å²) >= 11 is 0. The molecule has 0 amide bonds. The van der Waals surface area contributed by atoms with Crippen molar-refractivity contribution in [3.8, 4) is 124 Å². The monoisotopic (exact) mass is 1120 g/mol. The largest absolute Gasteiger partial charge is 3.00 e. The Bertz CT molecular complexity index is 3860. The molecule has 11 rings (SSSR count). The van der Waals surface area contributed by atoms with Gasteiger partial charge in [0.1, 0.15) is 5.69 Å². The summed E-state index contributed by atoms with van der Waals surface area (Å²) < 4.78 is 0. The zero-order chi connectivity index (χ0) is 49.7.